The molecule has 3 rings (SSSR count). The van der Waals surface area contributed by atoms with Gasteiger partial charge < -0.3 is 4.52 Å². The third-order valence-electron chi connectivity index (χ3n) is 2.67. The highest BCUT2D eigenvalue weighted by Gasteiger charge is 2.11. The van der Waals surface area contributed by atoms with Crippen molar-refractivity contribution in [3.63, 3.8) is 0 Å². The summed E-state index contributed by atoms with van der Waals surface area (Å²) in [4.78, 5) is 16.6. The summed E-state index contributed by atoms with van der Waals surface area (Å²) in [6, 6.07) is 3.75. The maximum atomic E-state index is 12.1. The molecule has 98 valence electrons. The van der Waals surface area contributed by atoms with Crippen LogP contribution in [0, 0.1) is 6.92 Å². The van der Waals surface area contributed by atoms with Crippen molar-refractivity contribution in [1.29, 1.82) is 0 Å². The van der Waals surface area contributed by atoms with Crippen molar-refractivity contribution < 1.29 is 4.52 Å². The Balaban J connectivity index is 1.92. The van der Waals surface area contributed by atoms with Crippen LogP contribution in [0.4, 0.5) is 0 Å². The first-order valence-electron chi connectivity index (χ1n) is 5.64. The smallest absolute Gasteiger partial charge is 0.271 e. The molecule has 0 N–H and O–H groups in total. The number of thioether (sulfide) groups is 1. The SMILES string of the molecule is Cc1cc(CSc2nc3ccsc3c(=O)n2C)on1. The third-order valence-corrected chi connectivity index (χ3v) is 4.61. The van der Waals surface area contributed by atoms with E-state index < -0.39 is 0 Å². The van der Waals surface area contributed by atoms with Crippen LogP contribution in [0.1, 0.15) is 11.5 Å². The van der Waals surface area contributed by atoms with Crippen LogP contribution in [0.2, 0.25) is 0 Å². The normalized spacial score (nSPS) is 11.3. The van der Waals surface area contributed by atoms with Gasteiger partial charge in [-0.1, -0.05) is 16.9 Å². The fraction of sp³-hybridized carbons (Fsp3) is 0.250. The van der Waals surface area contributed by atoms with Crippen molar-refractivity contribution in [2.24, 2.45) is 7.05 Å². The summed E-state index contributed by atoms with van der Waals surface area (Å²) < 4.78 is 7.42. The number of thiophene rings is 1. The Bertz CT molecular complexity index is 788. The molecule has 19 heavy (non-hydrogen) atoms. The molecule has 0 aliphatic rings. The van der Waals surface area contributed by atoms with Gasteiger partial charge in [0.05, 0.1) is 17.0 Å². The molecule has 7 heteroatoms. The molecule has 0 amide bonds. The minimum absolute atomic E-state index is 0.00347. The first-order valence-corrected chi connectivity index (χ1v) is 7.51. The van der Waals surface area contributed by atoms with E-state index >= 15 is 0 Å². The molecule has 0 saturated carbocycles. The summed E-state index contributed by atoms with van der Waals surface area (Å²) in [5, 5.41) is 6.40. The van der Waals surface area contributed by atoms with Gasteiger partial charge in [0.15, 0.2) is 5.16 Å². The van der Waals surface area contributed by atoms with Gasteiger partial charge in [-0.25, -0.2) is 4.98 Å². The van der Waals surface area contributed by atoms with E-state index in [1.165, 1.54) is 23.1 Å². The molecule has 0 radical (unpaired) electrons. The van der Waals surface area contributed by atoms with Gasteiger partial charge in [-0.15, -0.1) is 11.3 Å². The van der Waals surface area contributed by atoms with Crippen LogP contribution >= 0.6 is 23.1 Å². The number of rotatable bonds is 3. The van der Waals surface area contributed by atoms with Gasteiger partial charge in [-0.3, -0.25) is 9.36 Å². The lowest BCUT2D eigenvalue weighted by Crippen LogP contribution is -2.18. The Labute approximate surface area is 117 Å². The first-order chi connectivity index (χ1) is 9.15. The molecule has 0 unspecified atom stereocenters. The minimum atomic E-state index is -0.00347. The molecule has 0 aromatic carbocycles. The van der Waals surface area contributed by atoms with Crippen molar-refractivity contribution in [2.45, 2.75) is 17.8 Å². The summed E-state index contributed by atoms with van der Waals surface area (Å²) in [6.45, 7) is 1.88. The molecule has 0 aliphatic heterocycles. The predicted octanol–water partition coefficient (Wildman–Crippen LogP) is 2.58. The molecule has 0 saturated heterocycles. The minimum Gasteiger partial charge on any atom is -0.360 e. The number of nitrogens with zero attached hydrogens (tertiary/aromatic N) is 3. The molecular formula is C12H11N3O2S2. The summed E-state index contributed by atoms with van der Waals surface area (Å²) >= 11 is 2.89. The molecule has 3 heterocycles. The largest absolute Gasteiger partial charge is 0.360 e. The third kappa shape index (κ3) is 2.31. The van der Waals surface area contributed by atoms with Crippen LogP contribution in [-0.4, -0.2) is 14.7 Å². The molecule has 0 atom stereocenters. The lowest BCUT2D eigenvalue weighted by Gasteiger charge is -2.05. The summed E-state index contributed by atoms with van der Waals surface area (Å²) in [7, 11) is 1.74. The average molecular weight is 293 g/mol. The van der Waals surface area contributed by atoms with E-state index in [0.29, 0.717) is 15.6 Å². The van der Waals surface area contributed by atoms with E-state index in [4.69, 9.17) is 4.52 Å². The van der Waals surface area contributed by atoms with Gasteiger partial charge in [0.25, 0.3) is 5.56 Å². The summed E-state index contributed by atoms with van der Waals surface area (Å²) in [5.74, 6) is 1.39. The number of aryl methyl sites for hydroxylation is 1. The maximum absolute atomic E-state index is 12.1. The van der Waals surface area contributed by atoms with Crippen molar-refractivity contribution >= 4 is 33.3 Å². The molecule has 5 nitrogen and oxygen atoms in total. The predicted molar refractivity (Wildman–Crippen MR) is 75.7 cm³/mol. The van der Waals surface area contributed by atoms with Crippen LogP contribution in [-0.2, 0) is 12.8 Å². The van der Waals surface area contributed by atoms with Gasteiger partial charge in [-0.2, -0.15) is 0 Å². The lowest BCUT2D eigenvalue weighted by molar-refractivity contribution is 0.391. The lowest BCUT2D eigenvalue weighted by atomic mass is 10.4. The van der Waals surface area contributed by atoms with Gasteiger partial charge in [0.1, 0.15) is 10.5 Å². The Kier molecular flexibility index (Phi) is 3.16. The van der Waals surface area contributed by atoms with Crippen LogP contribution in [0.15, 0.2) is 32.0 Å². The van der Waals surface area contributed by atoms with E-state index in [-0.39, 0.29) is 5.56 Å². The first kappa shape index (κ1) is 12.4. The van der Waals surface area contributed by atoms with Gasteiger partial charge in [0, 0.05) is 13.1 Å². The van der Waals surface area contributed by atoms with E-state index in [2.05, 4.69) is 10.1 Å². The van der Waals surface area contributed by atoms with Gasteiger partial charge in [0.2, 0.25) is 0 Å². The Hall–Kier alpha value is -1.60. The second-order valence-corrected chi connectivity index (χ2v) is 5.98. The van der Waals surface area contributed by atoms with E-state index in [9.17, 15) is 4.79 Å². The molecular weight excluding hydrogens is 282 g/mol. The molecule has 3 aromatic rings. The maximum Gasteiger partial charge on any atom is 0.271 e. The Morgan fingerprint density at radius 2 is 2.37 bits per heavy atom. The van der Waals surface area contributed by atoms with Crippen molar-refractivity contribution in [3.8, 4) is 0 Å². The van der Waals surface area contributed by atoms with Crippen molar-refractivity contribution in [2.75, 3.05) is 0 Å². The number of hydrogen-bond donors (Lipinski definition) is 0. The molecule has 3 aromatic heterocycles. The zero-order chi connectivity index (χ0) is 13.4. The topological polar surface area (TPSA) is 60.9 Å². The fourth-order valence-corrected chi connectivity index (χ4v) is 3.37. The van der Waals surface area contributed by atoms with Crippen LogP contribution in [0.5, 0.6) is 0 Å². The Morgan fingerprint density at radius 3 is 3.11 bits per heavy atom. The van der Waals surface area contributed by atoms with Gasteiger partial charge >= 0.3 is 0 Å². The molecule has 0 aliphatic carbocycles. The number of aromatic nitrogens is 3. The summed E-state index contributed by atoms with van der Waals surface area (Å²) in [5.41, 5.74) is 1.60. The highest BCUT2D eigenvalue weighted by molar-refractivity contribution is 7.98. The second-order valence-electron chi connectivity index (χ2n) is 4.12. The van der Waals surface area contributed by atoms with Crippen LogP contribution in [0.25, 0.3) is 10.2 Å². The average Bonchev–Trinajstić information content (AvgIpc) is 3.01. The quantitative estimate of drug-likeness (QED) is 0.548. The van der Waals surface area contributed by atoms with Crippen LogP contribution in [0.3, 0.4) is 0 Å². The Morgan fingerprint density at radius 1 is 1.53 bits per heavy atom. The highest BCUT2D eigenvalue weighted by Crippen LogP contribution is 2.23. The van der Waals surface area contributed by atoms with Gasteiger partial charge in [-0.05, 0) is 18.4 Å². The van der Waals surface area contributed by atoms with Crippen molar-refractivity contribution in [3.05, 3.63) is 39.3 Å². The number of fused-ring (bicyclic) bond motifs is 1. The zero-order valence-electron chi connectivity index (χ0n) is 10.4. The molecule has 0 bridgehead atoms. The molecule has 0 fully saturated rings. The molecule has 0 spiro atoms. The summed E-state index contributed by atoms with van der Waals surface area (Å²) in [6.07, 6.45) is 0. The van der Waals surface area contributed by atoms with Crippen molar-refractivity contribution in [1.82, 2.24) is 14.7 Å². The highest BCUT2D eigenvalue weighted by atomic mass is 32.2. The van der Waals surface area contributed by atoms with Crippen LogP contribution < -0.4 is 5.56 Å². The van der Waals surface area contributed by atoms with E-state index in [0.717, 1.165) is 17.0 Å². The van der Waals surface area contributed by atoms with E-state index in [1.54, 1.807) is 11.6 Å². The van der Waals surface area contributed by atoms with E-state index in [1.807, 2.05) is 24.4 Å². The standard InChI is InChI=1S/C12H11N3O2S2/c1-7-5-8(17-14-7)6-19-12-13-9-3-4-18-10(9)11(16)15(12)2/h3-5H,6H2,1-2H3. The number of hydrogen-bond acceptors (Lipinski definition) is 6. The second kappa shape index (κ2) is 4.82. The zero-order valence-corrected chi connectivity index (χ0v) is 12.0. The monoisotopic (exact) mass is 293 g/mol. The fourth-order valence-electron chi connectivity index (χ4n) is 1.72.